The zero-order valence-electron chi connectivity index (χ0n) is 12.6. The van der Waals surface area contributed by atoms with Gasteiger partial charge in [-0.3, -0.25) is 4.79 Å². The summed E-state index contributed by atoms with van der Waals surface area (Å²) < 4.78 is 11.3. The molecule has 9 heteroatoms. The van der Waals surface area contributed by atoms with Crippen molar-refractivity contribution >= 4 is 34.5 Å². The summed E-state index contributed by atoms with van der Waals surface area (Å²) in [5, 5.41) is 6.77. The Bertz CT molecular complexity index is 717. The Kier molecular flexibility index (Phi) is 5.90. The van der Waals surface area contributed by atoms with Crippen molar-refractivity contribution in [1.82, 2.24) is 20.1 Å². The van der Waals surface area contributed by atoms with Crippen LogP contribution in [0.25, 0.3) is 0 Å². The first kappa shape index (κ1) is 17.2. The summed E-state index contributed by atoms with van der Waals surface area (Å²) in [5.74, 6) is -0.218. The Morgan fingerprint density at radius 3 is 2.83 bits per heavy atom. The molecule has 8 nitrogen and oxygen atoms in total. The molecule has 1 amide bonds. The average Bonchev–Trinajstić information content (AvgIpc) is 2.92. The van der Waals surface area contributed by atoms with E-state index in [9.17, 15) is 9.59 Å². The van der Waals surface area contributed by atoms with Crippen LogP contribution in [0.4, 0.5) is 0 Å². The van der Waals surface area contributed by atoms with E-state index in [0.29, 0.717) is 10.4 Å². The van der Waals surface area contributed by atoms with Gasteiger partial charge in [0.1, 0.15) is 12.3 Å². The number of ether oxygens (including phenoxy) is 2. The molecule has 2 aromatic rings. The summed E-state index contributed by atoms with van der Waals surface area (Å²) in [6.45, 7) is 0.222. The van der Waals surface area contributed by atoms with Gasteiger partial charge >= 0.3 is 5.97 Å². The standard InChI is InChI=1S/C14H15IN4O4/c1-22-10-5-3-4-9(6-10)7-16-11(20)8-19-12(13(21)23-2)17-14(15)18-19/h3-6H,7-8H2,1-2H3,(H,16,20). The van der Waals surface area contributed by atoms with Crippen molar-refractivity contribution in [3.63, 3.8) is 0 Å². The van der Waals surface area contributed by atoms with Crippen molar-refractivity contribution in [1.29, 1.82) is 0 Å². The maximum atomic E-state index is 12.0. The first-order chi connectivity index (χ1) is 11.0. The highest BCUT2D eigenvalue weighted by molar-refractivity contribution is 14.1. The predicted octanol–water partition coefficient (Wildman–Crippen LogP) is 0.994. The summed E-state index contributed by atoms with van der Waals surface area (Å²) in [4.78, 5) is 27.6. The Morgan fingerprint density at radius 2 is 2.13 bits per heavy atom. The molecule has 0 spiro atoms. The molecule has 122 valence electrons. The largest absolute Gasteiger partial charge is 0.497 e. The molecule has 0 aliphatic rings. The fraction of sp³-hybridized carbons (Fsp3) is 0.286. The van der Waals surface area contributed by atoms with E-state index in [4.69, 9.17) is 4.74 Å². The van der Waals surface area contributed by atoms with E-state index in [0.717, 1.165) is 11.3 Å². The zero-order valence-corrected chi connectivity index (χ0v) is 14.7. The molecular formula is C14H15IN4O4. The zero-order chi connectivity index (χ0) is 16.8. The predicted molar refractivity (Wildman–Crippen MR) is 88.9 cm³/mol. The maximum absolute atomic E-state index is 12.0. The third kappa shape index (κ3) is 4.65. The molecule has 0 aliphatic carbocycles. The SMILES string of the molecule is COC(=O)c1nc(I)nn1CC(=O)NCc1cccc(OC)c1. The molecule has 0 aliphatic heterocycles. The van der Waals surface area contributed by atoms with Gasteiger partial charge in [0.15, 0.2) is 0 Å². The summed E-state index contributed by atoms with van der Waals surface area (Å²) >= 11 is 1.86. The molecule has 23 heavy (non-hydrogen) atoms. The molecule has 0 bridgehead atoms. The quantitative estimate of drug-likeness (QED) is 0.543. The van der Waals surface area contributed by atoms with Gasteiger partial charge in [0.05, 0.1) is 14.2 Å². The number of hydrogen-bond acceptors (Lipinski definition) is 6. The maximum Gasteiger partial charge on any atom is 0.375 e. The monoisotopic (exact) mass is 430 g/mol. The van der Waals surface area contributed by atoms with Crippen LogP contribution in [0.2, 0.25) is 0 Å². The van der Waals surface area contributed by atoms with Crippen molar-refractivity contribution in [2.75, 3.05) is 14.2 Å². The average molecular weight is 430 g/mol. The molecule has 0 unspecified atom stereocenters. The Balaban J connectivity index is 1.98. The Labute approximate surface area is 146 Å². The molecule has 0 atom stereocenters. The molecule has 0 fully saturated rings. The van der Waals surface area contributed by atoms with Crippen molar-refractivity contribution in [2.45, 2.75) is 13.1 Å². The fourth-order valence-corrected chi connectivity index (χ4v) is 2.33. The number of esters is 1. The van der Waals surface area contributed by atoms with E-state index in [2.05, 4.69) is 20.1 Å². The second-order valence-corrected chi connectivity index (χ2v) is 5.45. The lowest BCUT2D eigenvalue weighted by Gasteiger charge is -2.08. The van der Waals surface area contributed by atoms with E-state index in [1.54, 1.807) is 7.11 Å². The van der Waals surface area contributed by atoms with Crippen molar-refractivity contribution in [3.05, 3.63) is 39.5 Å². The van der Waals surface area contributed by atoms with Gasteiger partial charge in [0.2, 0.25) is 15.6 Å². The van der Waals surface area contributed by atoms with E-state index in [1.807, 2.05) is 46.9 Å². The first-order valence-corrected chi connectivity index (χ1v) is 7.69. The number of benzene rings is 1. The van der Waals surface area contributed by atoms with Gasteiger partial charge in [-0.05, 0) is 17.7 Å². The molecule has 0 radical (unpaired) electrons. The number of carbonyl (C=O) groups excluding carboxylic acids is 2. The summed E-state index contributed by atoms with van der Waals surface area (Å²) in [7, 11) is 2.83. The number of methoxy groups -OCH3 is 2. The van der Waals surface area contributed by atoms with Crippen molar-refractivity contribution < 1.29 is 19.1 Å². The number of nitrogens with one attached hydrogen (secondary N) is 1. The summed E-state index contributed by atoms with van der Waals surface area (Å²) in [6.07, 6.45) is 0. The van der Waals surface area contributed by atoms with Crippen LogP contribution in [0.5, 0.6) is 5.75 Å². The Morgan fingerprint density at radius 1 is 1.35 bits per heavy atom. The number of aromatic nitrogens is 3. The minimum absolute atomic E-state index is 0.00608. The lowest BCUT2D eigenvalue weighted by molar-refractivity contribution is -0.122. The van der Waals surface area contributed by atoms with E-state index < -0.39 is 5.97 Å². The van der Waals surface area contributed by atoms with Gasteiger partial charge in [0, 0.05) is 29.1 Å². The van der Waals surface area contributed by atoms with E-state index in [1.165, 1.54) is 11.8 Å². The fourth-order valence-electron chi connectivity index (χ4n) is 1.84. The third-order valence-corrected chi connectivity index (χ3v) is 3.39. The molecule has 1 aromatic heterocycles. The van der Waals surface area contributed by atoms with Gasteiger partial charge in [-0.25, -0.2) is 9.48 Å². The Hall–Kier alpha value is -2.17. The minimum Gasteiger partial charge on any atom is -0.497 e. The van der Waals surface area contributed by atoms with Crippen LogP contribution in [0, 0.1) is 3.83 Å². The van der Waals surface area contributed by atoms with Gasteiger partial charge in [0.25, 0.3) is 0 Å². The number of rotatable bonds is 6. The number of nitrogens with zero attached hydrogens (tertiary/aromatic N) is 3. The number of amides is 1. The molecule has 0 saturated heterocycles. The van der Waals surface area contributed by atoms with Crippen LogP contribution in [0.15, 0.2) is 24.3 Å². The molecule has 0 saturated carbocycles. The van der Waals surface area contributed by atoms with Crippen molar-refractivity contribution in [3.8, 4) is 5.75 Å². The molecule has 1 heterocycles. The number of hydrogen-bond donors (Lipinski definition) is 1. The highest BCUT2D eigenvalue weighted by Gasteiger charge is 2.18. The van der Waals surface area contributed by atoms with Gasteiger partial charge < -0.3 is 14.8 Å². The summed E-state index contributed by atoms with van der Waals surface area (Å²) in [6, 6.07) is 7.38. The highest BCUT2D eigenvalue weighted by atomic mass is 127. The normalized spacial score (nSPS) is 10.2. The molecular weight excluding hydrogens is 415 g/mol. The smallest absolute Gasteiger partial charge is 0.375 e. The highest BCUT2D eigenvalue weighted by Crippen LogP contribution is 2.12. The molecule has 1 N–H and O–H groups in total. The first-order valence-electron chi connectivity index (χ1n) is 6.61. The second-order valence-electron chi connectivity index (χ2n) is 4.48. The van der Waals surface area contributed by atoms with Crippen LogP contribution >= 0.6 is 22.6 Å². The van der Waals surface area contributed by atoms with Crippen LogP contribution in [0.1, 0.15) is 16.2 Å². The van der Waals surface area contributed by atoms with Gasteiger partial charge in [-0.1, -0.05) is 12.1 Å². The van der Waals surface area contributed by atoms with Crippen LogP contribution in [-0.4, -0.2) is 40.9 Å². The topological polar surface area (TPSA) is 95.3 Å². The molecule has 2 rings (SSSR count). The molecule has 1 aromatic carbocycles. The lowest BCUT2D eigenvalue weighted by Crippen LogP contribution is -2.29. The minimum atomic E-state index is -0.638. The van der Waals surface area contributed by atoms with Gasteiger partial charge in [-0.15, -0.1) is 5.10 Å². The summed E-state index contributed by atoms with van der Waals surface area (Å²) in [5.41, 5.74) is 0.902. The van der Waals surface area contributed by atoms with Crippen molar-refractivity contribution in [2.24, 2.45) is 0 Å². The van der Waals surface area contributed by atoms with E-state index in [-0.39, 0.29) is 18.3 Å². The lowest BCUT2D eigenvalue weighted by atomic mass is 10.2. The van der Waals surface area contributed by atoms with E-state index >= 15 is 0 Å². The number of halogens is 1. The second kappa shape index (κ2) is 7.90. The number of carbonyl (C=O) groups is 2. The third-order valence-electron chi connectivity index (χ3n) is 2.93. The van der Waals surface area contributed by atoms with Crippen LogP contribution in [0.3, 0.4) is 0 Å². The van der Waals surface area contributed by atoms with Crippen LogP contribution in [-0.2, 0) is 22.6 Å². The van der Waals surface area contributed by atoms with Crippen LogP contribution < -0.4 is 10.1 Å². The van der Waals surface area contributed by atoms with Gasteiger partial charge in [-0.2, -0.15) is 4.98 Å².